The molecule has 0 spiro atoms. The zero-order valence-corrected chi connectivity index (χ0v) is 12.0. The molecule has 0 fully saturated rings. The van der Waals surface area contributed by atoms with Crippen molar-refractivity contribution in [2.45, 2.75) is 6.42 Å². The smallest absolute Gasteiger partial charge is 0.336 e. The molecule has 4 nitrogen and oxygen atoms in total. The van der Waals surface area contributed by atoms with Crippen molar-refractivity contribution in [2.75, 3.05) is 7.11 Å². The lowest BCUT2D eigenvalue weighted by Crippen LogP contribution is -2.07. The van der Waals surface area contributed by atoms with Crippen molar-refractivity contribution >= 4 is 33.5 Å². The molecule has 110 valence electrons. The molecule has 0 unspecified atom stereocenters. The molecule has 0 radical (unpaired) electrons. The summed E-state index contributed by atoms with van der Waals surface area (Å²) in [5, 5.41) is 12.6. The van der Waals surface area contributed by atoms with E-state index in [1.54, 1.807) is 12.1 Å². The van der Waals surface area contributed by atoms with Gasteiger partial charge in [0.1, 0.15) is 0 Å². The Kier molecular flexibility index (Phi) is 3.51. The van der Waals surface area contributed by atoms with E-state index >= 15 is 0 Å². The van der Waals surface area contributed by atoms with Gasteiger partial charge in [-0.25, -0.2) is 4.79 Å². The van der Waals surface area contributed by atoms with Crippen molar-refractivity contribution in [3.05, 3.63) is 59.7 Å². The van der Waals surface area contributed by atoms with Crippen LogP contribution in [0, 0.1) is 0 Å². The van der Waals surface area contributed by atoms with E-state index in [0.717, 1.165) is 10.8 Å². The Morgan fingerprint density at radius 1 is 1.05 bits per heavy atom. The predicted molar refractivity (Wildman–Crippen MR) is 84.1 cm³/mol. The zero-order valence-electron chi connectivity index (χ0n) is 12.0. The molecule has 0 heterocycles. The van der Waals surface area contributed by atoms with Crippen LogP contribution in [0.3, 0.4) is 0 Å². The summed E-state index contributed by atoms with van der Waals surface area (Å²) in [6.07, 6.45) is 0.0481. The normalized spacial score (nSPS) is 10.8. The Bertz CT molecular complexity index is 896. The van der Waals surface area contributed by atoms with Gasteiger partial charge in [0.15, 0.2) is 0 Å². The fourth-order valence-corrected chi connectivity index (χ4v) is 2.80. The van der Waals surface area contributed by atoms with E-state index in [9.17, 15) is 14.7 Å². The highest BCUT2D eigenvalue weighted by Gasteiger charge is 2.17. The first kappa shape index (κ1) is 14.1. The molecular weight excluding hydrogens is 280 g/mol. The first-order valence-corrected chi connectivity index (χ1v) is 6.85. The highest BCUT2D eigenvalue weighted by Crippen LogP contribution is 2.31. The number of carboxylic acid groups (broad SMARTS) is 1. The number of benzene rings is 3. The highest BCUT2D eigenvalue weighted by atomic mass is 16.5. The van der Waals surface area contributed by atoms with Crippen molar-refractivity contribution in [1.82, 2.24) is 0 Å². The van der Waals surface area contributed by atoms with Crippen LogP contribution in [-0.4, -0.2) is 24.2 Å². The van der Waals surface area contributed by atoms with E-state index in [1.165, 1.54) is 7.11 Å². The van der Waals surface area contributed by atoms with E-state index in [0.29, 0.717) is 16.3 Å². The third kappa shape index (κ3) is 2.29. The molecule has 0 saturated heterocycles. The molecule has 4 heteroatoms. The van der Waals surface area contributed by atoms with Gasteiger partial charge in [0.05, 0.1) is 19.1 Å². The minimum Gasteiger partial charge on any atom is -0.478 e. The summed E-state index contributed by atoms with van der Waals surface area (Å²) in [5.41, 5.74) is 0.889. The molecule has 0 saturated carbocycles. The summed E-state index contributed by atoms with van der Waals surface area (Å²) >= 11 is 0. The molecule has 0 bridgehead atoms. The van der Waals surface area contributed by atoms with Crippen LogP contribution in [0.4, 0.5) is 0 Å². The molecule has 3 rings (SSSR count). The third-order valence-electron chi connectivity index (χ3n) is 3.75. The Morgan fingerprint density at radius 2 is 1.77 bits per heavy atom. The topological polar surface area (TPSA) is 63.6 Å². The maximum Gasteiger partial charge on any atom is 0.336 e. The Morgan fingerprint density at radius 3 is 2.50 bits per heavy atom. The quantitative estimate of drug-likeness (QED) is 0.594. The van der Waals surface area contributed by atoms with E-state index in [4.69, 9.17) is 4.74 Å². The monoisotopic (exact) mass is 294 g/mol. The number of ether oxygens (including phenoxy) is 1. The zero-order chi connectivity index (χ0) is 15.7. The maximum atomic E-state index is 11.8. The largest absolute Gasteiger partial charge is 0.478 e. The molecular formula is C18H14O4. The number of methoxy groups -OCH3 is 1. The molecule has 3 aromatic carbocycles. The van der Waals surface area contributed by atoms with Crippen LogP contribution in [0.1, 0.15) is 15.9 Å². The second kappa shape index (κ2) is 5.48. The number of fused-ring (bicyclic) bond motifs is 2. The second-order valence-electron chi connectivity index (χ2n) is 5.05. The van der Waals surface area contributed by atoms with E-state index in [-0.39, 0.29) is 12.0 Å². The predicted octanol–water partition coefficient (Wildman–Crippen LogP) is 3.41. The minimum absolute atomic E-state index is 0.0481. The van der Waals surface area contributed by atoms with Crippen LogP contribution in [0.25, 0.3) is 21.5 Å². The SMILES string of the molecule is COC(=O)Cc1cccc2cc3ccccc3c(C(=O)O)c12. The minimum atomic E-state index is -1.00. The number of carboxylic acids is 1. The fourth-order valence-electron chi connectivity index (χ4n) is 2.80. The Labute approximate surface area is 126 Å². The fraction of sp³-hybridized carbons (Fsp3) is 0.111. The molecule has 3 aromatic rings. The summed E-state index contributed by atoms with van der Waals surface area (Å²) < 4.78 is 4.70. The van der Waals surface area contributed by atoms with Crippen LogP contribution < -0.4 is 0 Å². The van der Waals surface area contributed by atoms with Crippen LogP contribution in [0.2, 0.25) is 0 Å². The number of esters is 1. The van der Waals surface area contributed by atoms with Gasteiger partial charge in [0.25, 0.3) is 0 Å². The van der Waals surface area contributed by atoms with Gasteiger partial charge in [-0.2, -0.15) is 0 Å². The first-order chi connectivity index (χ1) is 10.6. The molecule has 0 atom stereocenters. The maximum absolute atomic E-state index is 11.8. The van der Waals surface area contributed by atoms with Gasteiger partial charge >= 0.3 is 11.9 Å². The number of aromatic carboxylic acids is 1. The summed E-state index contributed by atoms with van der Waals surface area (Å²) in [5.74, 6) is -1.39. The summed E-state index contributed by atoms with van der Waals surface area (Å²) in [6.45, 7) is 0. The highest BCUT2D eigenvalue weighted by molar-refractivity contribution is 6.17. The van der Waals surface area contributed by atoms with E-state index in [2.05, 4.69) is 0 Å². The average Bonchev–Trinajstić information content (AvgIpc) is 2.52. The van der Waals surface area contributed by atoms with Gasteiger partial charge in [-0.05, 0) is 27.8 Å². The average molecular weight is 294 g/mol. The van der Waals surface area contributed by atoms with Crippen LogP contribution >= 0.6 is 0 Å². The summed E-state index contributed by atoms with van der Waals surface area (Å²) in [7, 11) is 1.32. The van der Waals surface area contributed by atoms with E-state index < -0.39 is 11.9 Å². The van der Waals surface area contributed by atoms with Crippen molar-refractivity contribution in [3.63, 3.8) is 0 Å². The summed E-state index contributed by atoms with van der Waals surface area (Å²) in [4.78, 5) is 23.4. The number of carbonyl (C=O) groups is 2. The molecule has 1 N–H and O–H groups in total. The van der Waals surface area contributed by atoms with Gasteiger partial charge in [-0.15, -0.1) is 0 Å². The van der Waals surface area contributed by atoms with Crippen LogP contribution in [0.15, 0.2) is 48.5 Å². The summed E-state index contributed by atoms with van der Waals surface area (Å²) in [6, 6.07) is 14.7. The molecule has 0 aromatic heterocycles. The lowest BCUT2D eigenvalue weighted by atomic mass is 9.92. The molecule has 0 aliphatic carbocycles. The van der Waals surface area contributed by atoms with E-state index in [1.807, 2.05) is 36.4 Å². The number of hydrogen-bond acceptors (Lipinski definition) is 3. The lowest BCUT2D eigenvalue weighted by Gasteiger charge is -2.12. The Hall–Kier alpha value is -2.88. The Balaban J connectivity index is 2.42. The third-order valence-corrected chi connectivity index (χ3v) is 3.75. The van der Waals surface area contributed by atoms with Gasteiger partial charge < -0.3 is 9.84 Å². The number of rotatable bonds is 3. The molecule has 0 aliphatic rings. The van der Waals surface area contributed by atoms with Gasteiger partial charge in [-0.1, -0.05) is 42.5 Å². The lowest BCUT2D eigenvalue weighted by molar-refractivity contribution is -0.139. The molecule has 22 heavy (non-hydrogen) atoms. The number of carbonyl (C=O) groups excluding carboxylic acids is 1. The first-order valence-electron chi connectivity index (χ1n) is 6.85. The van der Waals surface area contributed by atoms with Gasteiger partial charge in [0.2, 0.25) is 0 Å². The van der Waals surface area contributed by atoms with Crippen molar-refractivity contribution in [3.8, 4) is 0 Å². The standard InChI is InChI=1S/C18H14O4/c1-22-15(19)10-13-7-4-6-12-9-11-5-2-3-8-14(11)17(16(12)13)18(20)21/h2-9H,10H2,1H3,(H,20,21). The van der Waals surface area contributed by atoms with Crippen LogP contribution in [-0.2, 0) is 16.0 Å². The number of hydrogen-bond donors (Lipinski definition) is 1. The molecule has 0 amide bonds. The van der Waals surface area contributed by atoms with Gasteiger partial charge in [-0.3, -0.25) is 4.79 Å². The van der Waals surface area contributed by atoms with Crippen molar-refractivity contribution in [2.24, 2.45) is 0 Å². The molecule has 0 aliphatic heterocycles. The van der Waals surface area contributed by atoms with Crippen molar-refractivity contribution in [1.29, 1.82) is 0 Å². The second-order valence-corrected chi connectivity index (χ2v) is 5.05. The van der Waals surface area contributed by atoms with Crippen molar-refractivity contribution < 1.29 is 19.4 Å². The van der Waals surface area contributed by atoms with Crippen LogP contribution in [0.5, 0.6) is 0 Å². The van der Waals surface area contributed by atoms with Gasteiger partial charge in [0, 0.05) is 5.39 Å².